The van der Waals surface area contributed by atoms with Crippen LogP contribution in [0.4, 0.5) is 5.69 Å². The summed E-state index contributed by atoms with van der Waals surface area (Å²) in [5.74, 6) is -1.38. The summed E-state index contributed by atoms with van der Waals surface area (Å²) < 4.78 is 5.99. The van der Waals surface area contributed by atoms with Gasteiger partial charge in [0.2, 0.25) is 0 Å². The van der Waals surface area contributed by atoms with E-state index >= 15 is 0 Å². The van der Waals surface area contributed by atoms with Gasteiger partial charge in [0.1, 0.15) is 11.5 Å². The Morgan fingerprint density at radius 3 is 2.31 bits per heavy atom. The van der Waals surface area contributed by atoms with Crippen molar-refractivity contribution in [2.75, 3.05) is 0 Å². The molecule has 0 radical (unpaired) electrons. The molecule has 2 heterocycles. The summed E-state index contributed by atoms with van der Waals surface area (Å²) in [5, 5.41) is 19.0. The summed E-state index contributed by atoms with van der Waals surface area (Å²) in [6.07, 6.45) is 1.64. The number of nitrogens with zero attached hydrogens (tertiary/aromatic N) is 2. The van der Waals surface area contributed by atoms with Crippen LogP contribution in [-0.4, -0.2) is 38.1 Å². The van der Waals surface area contributed by atoms with E-state index in [9.17, 15) is 24.6 Å². The number of furan rings is 1. The average molecular weight is 539 g/mol. The van der Waals surface area contributed by atoms with Crippen molar-refractivity contribution in [2.45, 2.75) is 13.5 Å². The molecule has 1 aliphatic rings. The fourth-order valence-electron chi connectivity index (χ4n) is 4.00. The Hall–Kier alpha value is -4.89. The first-order valence-electron chi connectivity index (χ1n) is 11.9. The number of amides is 1. The van der Waals surface area contributed by atoms with Crippen LogP contribution in [0.25, 0.3) is 17.4 Å². The summed E-state index contributed by atoms with van der Waals surface area (Å²) in [6, 6.07) is 23.9. The number of aliphatic imine (C=N–C) groups is 1. The van der Waals surface area contributed by atoms with E-state index in [1.54, 1.807) is 47.4 Å². The molecule has 3 aromatic carbocycles. The Morgan fingerprint density at radius 1 is 0.923 bits per heavy atom. The van der Waals surface area contributed by atoms with Crippen molar-refractivity contribution in [3.8, 4) is 11.3 Å². The predicted molar refractivity (Wildman–Crippen MR) is 149 cm³/mol. The number of thioether (sulfide) groups is 1. The van der Waals surface area contributed by atoms with Gasteiger partial charge < -0.3 is 14.6 Å². The summed E-state index contributed by atoms with van der Waals surface area (Å²) in [4.78, 5) is 42.7. The van der Waals surface area contributed by atoms with Gasteiger partial charge in [-0.15, -0.1) is 0 Å². The molecule has 1 saturated heterocycles. The maximum Gasteiger partial charge on any atom is 0.335 e. The zero-order chi connectivity index (χ0) is 27.5. The lowest BCUT2D eigenvalue weighted by atomic mass is 10.0. The van der Waals surface area contributed by atoms with Gasteiger partial charge in [0.05, 0.1) is 28.3 Å². The number of carboxylic acid groups (broad SMARTS) is 2. The first-order chi connectivity index (χ1) is 18.8. The number of carboxylic acids is 2. The fourth-order valence-corrected chi connectivity index (χ4v) is 4.98. The molecule has 0 spiro atoms. The maximum absolute atomic E-state index is 13.5. The van der Waals surface area contributed by atoms with Gasteiger partial charge in [0, 0.05) is 11.6 Å². The van der Waals surface area contributed by atoms with Gasteiger partial charge in [0.25, 0.3) is 5.91 Å². The highest BCUT2D eigenvalue weighted by atomic mass is 32.2. The lowest BCUT2D eigenvalue weighted by Gasteiger charge is -2.16. The van der Waals surface area contributed by atoms with Crippen molar-refractivity contribution in [1.29, 1.82) is 0 Å². The van der Waals surface area contributed by atoms with Crippen LogP contribution in [0, 0.1) is 6.92 Å². The van der Waals surface area contributed by atoms with Gasteiger partial charge in [-0.2, -0.15) is 0 Å². The molecule has 4 aromatic rings. The molecule has 1 fully saturated rings. The molecule has 0 bridgehead atoms. The van der Waals surface area contributed by atoms with E-state index < -0.39 is 11.9 Å². The highest BCUT2D eigenvalue weighted by Gasteiger charge is 2.34. The largest absolute Gasteiger partial charge is 0.478 e. The minimum Gasteiger partial charge on any atom is -0.478 e. The number of aryl methyl sites for hydroxylation is 1. The zero-order valence-electron chi connectivity index (χ0n) is 20.7. The van der Waals surface area contributed by atoms with E-state index in [1.165, 1.54) is 30.0 Å². The minimum absolute atomic E-state index is 0.155. The second kappa shape index (κ2) is 10.8. The molecule has 0 unspecified atom stereocenters. The molecule has 1 amide bonds. The van der Waals surface area contributed by atoms with Crippen LogP contribution >= 0.6 is 11.8 Å². The van der Waals surface area contributed by atoms with Gasteiger partial charge in [-0.05, 0) is 78.3 Å². The third kappa shape index (κ3) is 5.68. The number of rotatable bonds is 7. The van der Waals surface area contributed by atoms with Crippen molar-refractivity contribution < 1.29 is 29.0 Å². The van der Waals surface area contributed by atoms with Crippen molar-refractivity contribution in [3.05, 3.63) is 118 Å². The molecular formula is C30H22N2O6S. The summed E-state index contributed by atoms with van der Waals surface area (Å²) in [6.45, 7) is 2.07. The third-order valence-corrected chi connectivity index (χ3v) is 7.07. The van der Waals surface area contributed by atoms with Crippen LogP contribution in [-0.2, 0) is 11.3 Å². The first kappa shape index (κ1) is 25.7. The number of carbonyl (C=O) groups is 3. The summed E-state index contributed by atoms with van der Waals surface area (Å²) in [7, 11) is 0. The topological polar surface area (TPSA) is 120 Å². The molecule has 2 N–H and O–H groups in total. The number of benzene rings is 3. The van der Waals surface area contributed by atoms with E-state index in [1.807, 2.05) is 37.3 Å². The number of hydrogen-bond acceptors (Lipinski definition) is 6. The minimum atomic E-state index is -1.03. The van der Waals surface area contributed by atoms with E-state index in [0.29, 0.717) is 32.8 Å². The third-order valence-electron chi connectivity index (χ3n) is 6.06. The Labute approximate surface area is 227 Å². The Bertz CT molecular complexity index is 1640. The van der Waals surface area contributed by atoms with E-state index in [4.69, 9.17) is 4.42 Å². The number of aromatic carboxylic acids is 2. The quantitative estimate of drug-likeness (QED) is 0.259. The second-order valence-corrected chi connectivity index (χ2v) is 9.78. The monoisotopic (exact) mass is 538 g/mol. The summed E-state index contributed by atoms with van der Waals surface area (Å²) in [5.41, 5.74) is 3.28. The van der Waals surface area contributed by atoms with Crippen LogP contribution in [0.3, 0.4) is 0 Å². The van der Waals surface area contributed by atoms with Crippen LogP contribution in [0.5, 0.6) is 0 Å². The van der Waals surface area contributed by atoms with Gasteiger partial charge in [-0.3, -0.25) is 9.69 Å². The molecular weight excluding hydrogens is 516 g/mol. The molecule has 1 aromatic heterocycles. The van der Waals surface area contributed by atoms with Gasteiger partial charge in [-0.25, -0.2) is 14.6 Å². The van der Waals surface area contributed by atoms with E-state index in [2.05, 4.69) is 4.99 Å². The van der Waals surface area contributed by atoms with Gasteiger partial charge in [0.15, 0.2) is 5.17 Å². The Morgan fingerprint density at radius 2 is 1.62 bits per heavy atom. The molecule has 8 nitrogen and oxygen atoms in total. The van der Waals surface area contributed by atoms with Crippen LogP contribution < -0.4 is 0 Å². The van der Waals surface area contributed by atoms with Crippen molar-refractivity contribution >= 4 is 46.5 Å². The van der Waals surface area contributed by atoms with Crippen LogP contribution in [0.1, 0.15) is 37.6 Å². The normalized spacial score (nSPS) is 15.3. The smallest absolute Gasteiger partial charge is 0.335 e. The van der Waals surface area contributed by atoms with Crippen molar-refractivity contribution in [3.63, 3.8) is 0 Å². The lowest BCUT2D eigenvalue weighted by molar-refractivity contribution is -0.122. The van der Waals surface area contributed by atoms with Gasteiger partial charge in [-0.1, -0.05) is 36.4 Å². The highest BCUT2D eigenvalue weighted by molar-refractivity contribution is 8.18. The Kier molecular flexibility index (Phi) is 7.16. The first-order valence-corrected chi connectivity index (χ1v) is 12.7. The molecule has 39 heavy (non-hydrogen) atoms. The zero-order valence-corrected chi connectivity index (χ0v) is 21.5. The Balaban J connectivity index is 1.46. The van der Waals surface area contributed by atoms with Gasteiger partial charge >= 0.3 is 11.9 Å². The highest BCUT2D eigenvalue weighted by Crippen LogP contribution is 2.36. The summed E-state index contributed by atoms with van der Waals surface area (Å²) >= 11 is 1.21. The molecule has 0 saturated carbocycles. The average Bonchev–Trinajstić information content (AvgIpc) is 3.50. The number of amidine groups is 1. The molecule has 0 atom stereocenters. The van der Waals surface area contributed by atoms with Crippen LogP contribution in [0.2, 0.25) is 0 Å². The molecule has 5 rings (SSSR count). The second-order valence-electron chi connectivity index (χ2n) is 8.77. The van der Waals surface area contributed by atoms with E-state index in [0.717, 1.165) is 11.1 Å². The molecule has 194 valence electrons. The molecule has 0 aliphatic carbocycles. The fraction of sp³-hybridized carbons (Fsp3) is 0.0667. The lowest BCUT2D eigenvalue weighted by Crippen LogP contribution is -2.28. The maximum atomic E-state index is 13.5. The standard InChI is InChI=1S/C30H22N2O6S/c1-18-7-10-21(29(36)37)15-24(18)25-14-13-23(38-25)16-26-27(33)32(17-19-8-11-20(12-9-19)28(34)35)30(39-26)31-22-5-3-2-4-6-22/h2-16H,17H2,1H3,(H,34,35)(H,36,37). The van der Waals surface area contributed by atoms with E-state index in [-0.39, 0.29) is 23.6 Å². The number of hydrogen-bond donors (Lipinski definition) is 2. The molecule has 9 heteroatoms. The number of para-hydroxylation sites is 1. The van der Waals surface area contributed by atoms with Crippen molar-refractivity contribution in [2.24, 2.45) is 4.99 Å². The predicted octanol–water partition coefficient (Wildman–Crippen LogP) is 6.46. The van der Waals surface area contributed by atoms with Crippen molar-refractivity contribution in [1.82, 2.24) is 4.90 Å². The number of carbonyl (C=O) groups excluding carboxylic acids is 1. The molecule has 1 aliphatic heterocycles. The SMILES string of the molecule is Cc1ccc(C(=O)O)cc1-c1ccc(C=C2SC(=Nc3ccccc3)N(Cc3ccc(C(=O)O)cc3)C2=O)o1. The van der Waals surface area contributed by atoms with Crippen LogP contribution in [0.15, 0.2) is 99.2 Å².